The number of unbranched alkanes of at least 4 members (excludes halogenated alkanes) is 2. The molecule has 5 nitrogen and oxygen atoms in total. The maximum Gasteiger partial charge on any atom is 0.124 e. The van der Waals surface area contributed by atoms with Crippen LogP contribution in [0.1, 0.15) is 46.5 Å². The summed E-state index contributed by atoms with van der Waals surface area (Å²) in [6, 6.07) is 0. The first-order valence-electron chi connectivity index (χ1n) is 7.14. The van der Waals surface area contributed by atoms with Gasteiger partial charge in [-0.2, -0.15) is 0 Å². The molecule has 6 heteroatoms. The Morgan fingerprint density at radius 3 is 2.10 bits per heavy atom. The number of aliphatic hydroxyl groups excluding tert-OH is 4. The van der Waals surface area contributed by atoms with E-state index in [9.17, 15) is 20.4 Å². The Balaban J connectivity index is 5.13. The van der Waals surface area contributed by atoms with E-state index >= 15 is 0 Å². The van der Waals surface area contributed by atoms with E-state index in [2.05, 4.69) is 0 Å². The summed E-state index contributed by atoms with van der Waals surface area (Å²) in [5, 5.41) is 49.0. The molecule has 5 N–H and O–H groups in total. The highest BCUT2D eigenvalue weighted by molar-refractivity contribution is 7.80. The van der Waals surface area contributed by atoms with Crippen LogP contribution in [0, 0.1) is 5.92 Å². The predicted octanol–water partition coefficient (Wildman–Crippen LogP) is 0.399. The van der Waals surface area contributed by atoms with E-state index in [0.717, 1.165) is 12.8 Å². The highest BCUT2D eigenvalue weighted by atomic mass is 32.1. The summed E-state index contributed by atoms with van der Waals surface area (Å²) in [5.41, 5.74) is -1.74. The normalized spacial score (nSPS) is 19.4. The first kappa shape index (κ1) is 19.9. The predicted molar refractivity (Wildman–Crippen MR) is 81.6 cm³/mol. The van der Waals surface area contributed by atoms with Gasteiger partial charge in [-0.15, -0.1) is 0 Å². The molecule has 4 unspecified atom stereocenters. The highest BCUT2D eigenvalue weighted by Crippen LogP contribution is 2.28. The Labute approximate surface area is 126 Å². The fraction of sp³-hybridized carbons (Fsp3) is 0.929. The van der Waals surface area contributed by atoms with Gasteiger partial charge in [-0.1, -0.05) is 52.3 Å². The summed E-state index contributed by atoms with van der Waals surface area (Å²) >= 11 is 5.22. The monoisotopic (exact) mass is 308 g/mol. The summed E-state index contributed by atoms with van der Waals surface area (Å²) in [6.45, 7) is 4.92. The molecular weight excluding hydrogens is 280 g/mol. The summed E-state index contributed by atoms with van der Waals surface area (Å²) in [4.78, 5) is 0.255. The summed E-state index contributed by atoms with van der Waals surface area (Å²) in [5.74, 6) is -0.148. The molecule has 0 saturated heterocycles. The maximum absolute atomic E-state index is 10.7. The van der Waals surface area contributed by atoms with Crippen LogP contribution in [0.15, 0.2) is 0 Å². The van der Waals surface area contributed by atoms with E-state index in [1.165, 1.54) is 0 Å². The largest absolute Gasteiger partial charge is 0.394 e. The van der Waals surface area contributed by atoms with Gasteiger partial charge in [-0.25, -0.2) is 0 Å². The lowest BCUT2D eigenvalue weighted by molar-refractivity contribution is -0.136. The molecule has 0 fully saturated rings. The maximum atomic E-state index is 10.7. The number of thiocarbonyl (C=S) groups is 1. The van der Waals surface area contributed by atoms with Crippen LogP contribution in [0.5, 0.6) is 0 Å². The molecule has 0 aliphatic carbocycles. The number of aliphatic hydroxyl groups is 5. The zero-order chi connectivity index (χ0) is 15.9. The molecule has 120 valence electrons. The Hall–Kier alpha value is -0.110. The molecule has 20 heavy (non-hydrogen) atoms. The summed E-state index contributed by atoms with van der Waals surface area (Å²) < 4.78 is 0. The second kappa shape index (κ2) is 9.02. The zero-order valence-corrected chi connectivity index (χ0v) is 13.3. The molecule has 0 spiro atoms. The molecule has 0 amide bonds. The van der Waals surface area contributed by atoms with Gasteiger partial charge in [0.2, 0.25) is 0 Å². The quantitative estimate of drug-likeness (QED) is 0.296. The molecular formula is C14H28O5S. The fourth-order valence-electron chi connectivity index (χ4n) is 2.16. The van der Waals surface area contributed by atoms with E-state index in [-0.39, 0.29) is 17.2 Å². The van der Waals surface area contributed by atoms with Crippen molar-refractivity contribution in [1.29, 1.82) is 0 Å². The highest BCUT2D eigenvalue weighted by Gasteiger charge is 2.45. The SMILES string of the molecule is CCCCCC(O)(C(=S)C(C)C)C(O)C(O)C(O)CO. The minimum absolute atomic E-state index is 0.148. The Morgan fingerprint density at radius 2 is 1.70 bits per heavy atom. The summed E-state index contributed by atoms with van der Waals surface area (Å²) in [6.07, 6.45) is -2.11. The topological polar surface area (TPSA) is 101 Å². The van der Waals surface area contributed by atoms with Gasteiger partial charge in [0.1, 0.15) is 23.9 Å². The van der Waals surface area contributed by atoms with Crippen molar-refractivity contribution in [2.24, 2.45) is 5.92 Å². The van der Waals surface area contributed by atoms with Crippen LogP contribution in [0.2, 0.25) is 0 Å². The second-order valence-electron chi connectivity index (χ2n) is 5.59. The molecule has 0 aromatic rings. The lowest BCUT2D eigenvalue weighted by Gasteiger charge is -2.38. The Bertz CT molecular complexity index is 297. The van der Waals surface area contributed by atoms with Gasteiger partial charge in [0, 0.05) is 4.86 Å². The van der Waals surface area contributed by atoms with E-state index in [1.54, 1.807) is 13.8 Å². The van der Waals surface area contributed by atoms with Crippen LogP contribution in [-0.2, 0) is 0 Å². The van der Waals surface area contributed by atoms with E-state index in [4.69, 9.17) is 17.3 Å². The van der Waals surface area contributed by atoms with Crippen molar-refractivity contribution < 1.29 is 25.5 Å². The van der Waals surface area contributed by atoms with Crippen LogP contribution < -0.4 is 0 Å². The Kier molecular flexibility index (Phi) is 8.97. The van der Waals surface area contributed by atoms with Crippen LogP contribution >= 0.6 is 12.2 Å². The molecule has 0 radical (unpaired) electrons. The van der Waals surface area contributed by atoms with Crippen molar-refractivity contribution in [2.75, 3.05) is 6.61 Å². The van der Waals surface area contributed by atoms with Gasteiger partial charge in [0.25, 0.3) is 0 Å². The smallest absolute Gasteiger partial charge is 0.124 e. The van der Waals surface area contributed by atoms with Gasteiger partial charge in [-0.05, 0) is 12.3 Å². The van der Waals surface area contributed by atoms with E-state index in [0.29, 0.717) is 6.42 Å². The second-order valence-corrected chi connectivity index (χ2v) is 6.03. The van der Waals surface area contributed by atoms with Crippen molar-refractivity contribution in [1.82, 2.24) is 0 Å². The van der Waals surface area contributed by atoms with Crippen LogP contribution in [0.25, 0.3) is 0 Å². The third-order valence-corrected chi connectivity index (χ3v) is 4.33. The van der Waals surface area contributed by atoms with Crippen molar-refractivity contribution in [3.05, 3.63) is 0 Å². The van der Waals surface area contributed by atoms with Gasteiger partial charge in [-0.3, -0.25) is 0 Å². The molecule has 0 saturated carbocycles. The first-order chi connectivity index (χ1) is 9.22. The molecule has 4 atom stereocenters. The molecule has 0 aromatic carbocycles. The third kappa shape index (κ3) is 5.02. The van der Waals surface area contributed by atoms with E-state index in [1.807, 2.05) is 6.92 Å². The number of rotatable bonds is 10. The summed E-state index contributed by atoms with van der Waals surface area (Å²) in [7, 11) is 0. The van der Waals surface area contributed by atoms with Crippen molar-refractivity contribution in [3.8, 4) is 0 Å². The number of hydrogen-bond donors (Lipinski definition) is 5. The zero-order valence-electron chi connectivity index (χ0n) is 12.5. The van der Waals surface area contributed by atoms with Crippen LogP contribution in [-0.4, -0.2) is 60.9 Å². The van der Waals surface area contributed by atoms with Crippen LogP contribution in [0.4, 0.5) is 0 Å². The minimum Gasteiger partial charge on any atom is -0.394 e. The third-order valence-electron chi connectivity index (χ3n) is 3.51. The molecule has 0 bridgehead atoms. The standard InChI is InChI=1S/C14H28O5S/c1-4-5-6-7-14(19,13(20)9(2)3)12(18)11(17)10(16)8-15/h9-12,15-19H,4-8H2,1-3H3. The van der Waals surface area contributed by atoms with Gasteiger partial charge >= 0.3 is 0 Å². The molecule has 0 heterocycles. The number of hydrogen-bond acceptors (Lipinski definition) is 6. The van der Waals surface area contributed by atoms with Gasteiger partial charge < -0.3 is 25.5 Å². The van der Waals surface area contributed by atoms with Gasteiger partial charge in [0.15, 0.2) is 0 Å². The molecule has 0 aliphatic heterocycles. The molecule has 0 aliphatic rings. The van der Waals surface area contributed by atoms with Gasteiger partial charge in [0.05, 0.1) is 6.61 Å². The molecule has 0 rings (SSSR count). The van der Waals surface area contributed by atoms with Crippen molar-refractivity contribution >= 4 is 17.1 Å². The lowest BCUT2D eigenvalue weighted by atomic mass is 9.79. The Morgan fingerprint density at radius 1 is 1.15 bits per heavy atom. The fourth-order valence-corrected chi connectivity index (χ4v) is 2.38. The van der Waals surface area contributed by atoms with E-state index < -0.39 is 30.5 Å². The minimum atomic E-state index is -1.74. The first-order valence-corrected chi connectivity index (χ1v) is 7.54. The average Bonchev–Trinajstić information content (AvgIpc) is 2.43. The van der Waals surface area contributed by atoms with Crippen molar-refractivity contribution in [3.63, 3.8) is 0 Å². The molecule has 0 aromatic heterocycles. The van der Waals surface area contributed by atoms with Crippen molar-refractivity contribution in [2.45, 2.75) is 70.4 Å². The lowest BCUT2D eigenvalue weighted by Crippen LogP contribution is -2.58. The average molecular weight is 308 g/mol. The van der Waals surface area contributed by atoms with Crippen LogP contribution in [0.3, 0.4) is 0 Å².